The van der Waals surface area contributed by atoms with Crippen LogP contribution in [0.3, 0.4) is 0 Å². The Morgan fingerprint density at radius 1 is 1.00 bits per heavy atom. The lowest BCUT2D eigenvalue weighted by atomic mass is 10.1. The number of nitrogens with zero attached hydrogens (tertiary/aromatic N) is 4. The molecule has 1 saturated heterocycles. The molecule has 2 aromatic carbocycles. The Morgan fingerprint density at radius 3 is 2.41 bits per heavy atom. The molecule has 1 amide bonds. The van der Waals surface area contributed by atoms with Crippen molar-refractivity contribution in [3.05, 3.63) is 87.3 Å². The summed E-state index contributed by atoms with van der Waals surface area (Å²) in [4.78, 5) is 28.9. The largest absolute Gasteiger partial charge is 0.365 e. The lowest BCUT2D eigenvalue weighted by Crippen LogP contribution is -2.49. The molecule has 166 valence electrons. The minimum atomic E-state index is -0.914. The number of piperazine rings is 1. The Kier molecular flexibility index (Phi) is 6.50. The second kappa shape index (κ2) is 9.48. The number of amides is 1. The summed E-state index contributed by atoms with van der Waals surface area (Å²) in [6.45, 7) is 1.95. The number of anilines is 1. The number of benzene rings is 2. The van der Waals surface area contributed by atoms with Gasteiger partial charge in [-0.1, -0.05) is 35.9 Å². The van der Waals surface area contributed by atoms with Gasteiger partial charge in [-0.3, -0.25) is 9.59 Å². The van der Waals surface area contributed by atoms with Crippen LogP contribution in [-0.4, -0.2) is 46.8 Å². The maximum Gasteiger partial charge on any atom is 0.292 e. The highest BCUT2D eigenvalue weighted by Gasteiger charge is 2.24. The van der Waals surface area contributed by atoms with Gasteiger partial charge in [-0.15, -0.1) is 0 Å². The molecule has 0 radical (unpaired) electrons. The van der Waals surface area contributed by atoms with Gasteiger partial charge in [0.05, 0.1) is 17.6 Å². The summed E-state index contributed by atoms with van der Waals surface area (Å²) < 4.78 is 27.6. The van der Waals surface area contributed by atoms with Crippen molar-refractivity contribution < 1.29 is 13.6 Å². The highest BCUT2D eigenvalue weighted by molar-refractivity contribution is 6.33. The molecule has 6 nitrogen and oxygen atoms in total. The number of carbonyl (C=O) groups excluding carboxylic acids is 1. The molecule has 1 fully saturated rings. The van der Waals surface area contributed by atoms with Crippen molar-refractivity contribution in [1.82, 2.24) is 14.7 Å². The summed E-state index contributed by atoms with van der Waals surface area (Å²) >= 11 is 6.37. The fraction of sp³-hybridized carbons (Fsp3) is 0.261. The predicted molar refractivity (Wildman–Crippen MR) is 118 cm³/mol. The van der Waals surface area contributed by atoms with E-state index in [-0.39, 0.29) is 17.4 Å². The first kappa shape index (κ1) is 22.0. The highest BCUT2D eigenvalue weighted by Crippen LogP contribution is 2.23. The van der Waals surface area contributed by atoms with Gasteiger partial charge in [-0.05, 0) is 36.2 Å². The van der Waals surface area contributed by atoms with E-state index in [1.165, 1.54) is 10.7 Å². The number of aromatic nitrogens is 2. The van der Waals surface area contributed by atoms with Crippen LogP contribution in [0.5, 0.6) is 0 Å². The summed E-state index contributed by atoms with van der Waals surface area (Å²) in [5, 5.41) is 4.34. The third-order valence-electron chi connectivity index (χ3n) is 5.49. The average Bonchev–Trinajstić information content (AvgIpc) is 2.82. The smallest absolute Gasteiger partial charge is 0.292 e. The second-order valence-corrected chi connectivity index (χ2v) is 7.89. The molecule has 9 heteroatoms. The highest BCUT2D eigenvalue weighted by atomic mass is 35.5. The molecule has 4 rings (SSSR count). The Hall–Kier alpha value is -3.26. The quantitative estimate of drug-likeness (QED) is 0.587. The Labute approximate surface area is 188 Å². The van der Waals surface area contributed by atoms with Gasteiger partial charge >= 0.3 is 0 Å². The third kappa shape index (κ3) is 4.65. The third-order valence-corrected chi connectivity index (χ3v) is 5.84. The first-order valence-electron chi connectivity index (χ1n) is 10.2. The Balaban J connectivity index is 1.37. The van der Waals surface area contributed by atoms with Crippen molar-refractivity contribution >= 4 is 23.2 Å². The van der Waals surface area contributed by atoms with Crippen molar-refractivity contribution in [2.24, 2.45) is 0 Å². The second-order valence-electron chi connectivity index (χ2n) is 7.51. The van der Waals surface area contributed by atoms with E-state index in [1.807, 2.05) is 23.1 Å². The SMILES string of the molecule is O=C(CCc1ccc(F)c(F)c1)N1CCN(c2cnn(-c3ccccc3)c(=O)c2Cl)CC1. The molecule has 0 unspecified atom stereocenters. The molecule has 0 bridgehead atoms. The van der Waals surface area contributed by atoms with Crippen molar-refractivity contribution in [2.75, 3.05) is 31.1 Å². The van der Waals surface area contributed by atoms with Gasteiger partial charge in [0.25, 0.3) is 5.56 Å². The lowest BCUT2D eigenvalue weighted by Gasteiger charge is -2.36. The fourth-order valence-electron chi connectivity index (χ4n) is 3.70. The van der Waals surface area contributed by atoms with Crippen LogP contribution < -0.4 is 10.5 Å². The molecule has 0 N–H and O–H groups in total. The van der Waals surface area contributed by atoms with Crippen LogP contribution in [-0.2, 0) is 11.2 Å². The number of halogens is 3. The molecule has 1 aliphatic heterocycles. The number of hydrogen-bond acceptors (Lipinski definition) is 4. The van der Waals surface area contributed by atoms with E-state index in [4.69, 9.17) is 11.6 Å². The van der Waals surface area contributed by atoms with E-state index in [1.54, 1.807) is 23.2 Å². The van der Waals surface area contributed by atoms with Crippen molar-refractivity contribution in [3.8, 4) is 5.69 Å². The average molecular weight is 459 g/mol. The predicted octanol–water partition coefficient (Wildman–Crippen LogP) is 3.45. The molecule has 3 aromatic rings. The first-order chi connectivity index (χ1) is 15.4. The number of carbonyl (C=O) groups is 1. The molecule has 0 aliphatic carbocycles. The van der Waals surface area contributed by atoms with Gasteiger partial charge in [0.1, 0.15) is 5.02 Å². The zero-order valence-electron chi connectivity index (χ0n) is 17.2. The normalized spacial score (nSPS) is 14.0. The van der Waals surface area contributed by atoms with E-state index in [2.05, 4.69) is 5.10 Å². The van der Waals surface area contributed by atoms with Crippen LogP contribution >= 0.6 is 11.6 Å². The van der Waals surface area contributed by atoms with Gasteiger partial charge in [0, 0.05) is 32.6 Å². The summed E-state index contributed by atoms with van der Waals surface area (Å²) in [7, 11) is 0. The molecule has 1 aliphatic rings. The van der Waals surface area contributed by atoms with Crippen LogP contribution in [0.15, 0.2) is 59.5 Å². The number of para-hydroxylation sites is 1. The minimum absolute atomic E-state index is 0.0573. The van der Waals surface area contributed by atoms with Crippen molar-refractivity contribution in [3.63, 3.8) is 0 Å². The van der Waals surface area contributed by atoms with Crippen molar-refractivity contribution in [1.29, 1.82) is 0 Å². The van der Waals surface area contributed by atoms with E-state index < -0.39 is 17.2 Å². The summed E-state index contributed by atoms with van der Waals surface area (Å²) in [5.74, 6) is -1.87. The van der Waals surface area contributed by atoms with Gasteiger partial charge < -0.3 is 9.80 Å². The van der Waals surface area contributed by atoms with Crippen LogP contribution in [0.2, 0.25) is 5.02 Å². The van der Waals surface area contributed by atoms with Crippen molar-refractivity contribution in [2.45, 2.75) is 12.8 Å². The molecule has 0 saturated carbocycles. The van der Waals surface area contributed by atoms with E-state index in [0.717, 1.165) is 12.1 Å². The molecular formula is C23H21ClF2N4O2. The van der Waals surface area contributed by atoms with Gasteiger partial charge in [-0.2, -0.15) is 9.78 Å². The molecule has 0 atom stereocenters. The van der Waals surface area contributed by atoms with Crippen LogP contribution in [0.25, 0.3) is 5.69 Å². The summed E-state index contributed by atoms with van der Waals surface area (Å²) in [6, 6.07) is 12.7. The summed E-state index contributed by atoms with van der Waals surface area (Å²) in [6.07, 6.45) is 2.11. The molecule has 1 aromatic heterocycles. The topological polar surface area (TPSA) is 58.4 Å². The van der Waals surface area contributed by atoms with Gasteiger partial charge in [0.2, 0.25) is 5.91 Å². The summed E-state index contributed by atoms with van der Waals surface area (Å²) in [5.41, 5.74) is 1.34. The lowest BCUT2D eigenvalue weighted by molar-refractivity contribution is -0.131. The minimum Gasteiger partial charge on any atom is -0.365 e. The Bertz CT molecular complexity index is 1180. The standard InChI is InChI=1S/C23H21ClF2N4O2/c24-22-20(15-27-30(23(22)32)17-4-2-1-3-5-17)28-10-12-29(13-11-28)21(31)9-7-16-6-8-18(25)19(26)14-16/h1-6,8,14-15H,7,9-13H2. The van der Waals surface area contributed by atoms with Crippen LogP contribution in [0, 0.1) is 11.6 Å². The zero-order valence-corrected chi connectivity index (χ0v) is 17.9. The maximum absolute atomic E-state index is 13.3. The number of hydrogen-bond donors (Lipinski definition) is 0. The van der Waals surface area contributed by atoms with E-state index in [9.17, 15) is 18.4 Å². The zero-order chi connectivity index (χ0) is 22.7. The molecule has 0 spiro atoms. The monoisotopic (exact) mass is 458 g/mol. The van der Waals surface area contributed by atoms with Crippen LogP contribution in [0.1, 0.15) is 12.0 Å². The molecule has 2 heterocycles. The first-order valence-corrected chi connectivity index (χ1v) is 10.6. The maximum atomic E-state index is 13.3. The van der Waals surface area contributed by atoms with E-state index >= 15 is 0 Å². The fourth-order valence-corrected chi connectivity index (χ4v) is 3.95. The Morgan fingerprint density at radius 2 is 1.72 bits per heavy atom. The number of aryl methyl sites for hydroxylation is 1. The van der Waals surface area contributed by atoms with Gasteiger partial charge in [-0.25, -0.2) is 8.78 Å². The molecular weight excluding hydrogens is 438 g/mol. The van der Waals surface area contributed by atoms with Gasteiger partial charge in [0.15, 0.2) is 11.6 Å². The number of rotatable bonds is 5. The van der Waals surface area contributed by atoms with E-state index in [0.29, 0.717) is 49.5 Å². The van der Waals surface area contributed by atoms with Crippen LogP contribution in [0.4, 0.5) is 14.5 Å². The molecule has 32 heavy (non-hydrogen) atoms.